The largest absolute Gasteiger partial charge is 0.445 e. The number of ketones is 2. The zero-order valence-electron chi connectivity index (χ0n) is 32.5. The summed E-state index contributed by atoms with van der Waals surface area (Å²) in [5.41, 5.74) is 12.2. The maximum atomic E-state index is 14.1. The highest BCUT2D eigenvalue weighted by Crippen LogP contribution is 2.33. The lowest BCUT2D eigenvalue weighted by Gasteiger charge is -2.40. The quantitative estimate of drug-likeness (QED) is 0.0484. The molecule has 14 heteroatoms. The summed E-state index contributed by atoms with van der Waals surface area (Å²) in [6.45, 7) is 7.72. The maximum Gasteiger partial charge on any atom is 0.418 e. The molecule has 0 aliphatic rings. The van der Waals surface area contributed by atoms with Gasteiger partial charge in [-0.15, -0.1) is 0 Å². The van der Waals surface area contributed by atoms with E-state index in [2.05, 4.69) is 31.9 Å². The van der Waals surface area contributed by atoms with Crippen molar-refractivity contribution in [3.63, 3.8) is 0 Å². The molecule has 2 aromatic rings. The predicted molar refractivity (Wildman–Crippen MR) is 203 cm³/mol. The fourth-order valence-electron chi connectivity index (χ4n) is 6.34. The first kappa shape index (κ1) is 44.6. The van der Waals surface area contributed by atoms with Gasteiger partial charge in [0.2, 0.25) is 0 Å². The second kappa shape index (κ2) is 20.6. The Kier molecular flexibility index (Phi) is 17.6. The molecule has 290 valence electrons. The Balaban J connectivity index is 2.58. The first-order valence-corrected chi connectivity index (χ1v) is 17.8. The predicted octanol–water partition coefficient (Wildman–Crippen LogP) is 1.01. The van der Waals surface area contributed by atoms with Crippen molar-refractivity contribution in [2.24, 2.45) is 11.5 Å². The Hall–Kier alpha value is -3.60. The molecule has 0 saturated heterocycles. The van der Waals surface area contributed by atoms with Crippen LogP contribution in [0.4, 0.5) is 0 Å². The molecular formula is C38H62N8O6. The van der Waals surface area contributed by atoms with Gasteiger partial charge in [-0.2, -0.15) is 0 Å². The molecule has 0 saturated carbocycles. The van der Waals surface area contributed by atoms with E-state index in [0.717, 1.165) is 11.1 Å². The highest BCUT2D eigenvalue weighted by Gasteiger charge is 2.50. The second-order valence-corrected chi connectivity index (χ2v) is 13.6. The minimum absolute atomic E-state index is 0.0578. The van der Waals surface area contributed by atoms with Gasteiger partial charge in [-0.3, -0.25) is 30.9 Å². The maximum absolute atomic E-state index is 14.1. The van der Waals surface area contributed by atoms with Crippen molar-refractivity contribution in [2.45, 2.75) is 101 Å². The highest BCUT2D eigenvalue weighted by molar-refractivity contribution is 6.30. The van der Waals surface area contributed by atoms with Crippen LogP contribution in [0.15, 0.2) is 48.5 Å². The van der Waals surface area contributed by atoms with E-state index in [1.807, 2.05) is 66.1 Å². The van der Waals surface area contributed by atoms with Crippen molar-refractivity contribution in [1.82, 2.24) is 31.9 Å². The molecule has 6 unspecified atom stereocenters. The number of likely N-dealkylation sites (N-methyl/N-ethyl adjacent to an activating group) is 4. The zero-order chi connectivity index (χ0) is 39.2. The van der Waals surface area contributed by atoms with Gasteiger partial charge < -0.3 is 31.6 Å². The van der Waals surface area contributed by atoms with E-state index in [1.54, 1.807) is 52.5 Å². The number of aryl methyl sites for hydroxylation is 2. The third-order valence-electron chi connectivity index (χ3n) is 9.81. The number of carbonyl (C=O) groups excluding carboxylic acids is 4. The summed E-state index contributed by atoms with van der Waals surface area (Å²) >= 11 is 0. The third kappa shape index (κ3) is 11.2. The monoisotopic (exact) mass is 726 g/mol. The Bertz CT molecular complexity index is 1340. The molecule has 0 aliphatic carbocycles. The van der Waals surface area contributed by atoms with Crippen LogP contribution in [0.25, 0.3) is 0 Å². The smallest absolute Gasteiger partial charge is 0.418 e. The minimum Gasteiger partial charge on any atom is -0.445 e. The van der Waals surface area contributed by atoms with Gasteiger partial charge in [0.05, 0.1) is 0 Å². The fourth-order valence-corrected chi connectivity index (χ4v) is 6.34. The Morgan fingerprint density at radius 1 is 0.577 bits per heavy atom. The van der Waals surface area contributed by atoms with E-state index in [1.165, 1.54) is 0 Å². The van der Waals surface area contributed by atoms with Gasteiger partial charge >= 0.3 is 11.9 Å². The Morgan fingerprint density at radius 3 is 1.12 bits per heavy atom. The van der Waals surface area contributed by atoms with Crippen molar-refractivity contribution in [2.75, 3.05) is 42.3 Å². The Labute approximate surface area is 309 Å². The van der Waals surface area contributed by atoms with Gasteiger partial charge in [-0.25, -0.2) is 9.59 Å². The van der Waals surface area contributed by atoms with Crippen molar-refractivity contribution in [3.8, 4) is 0 Å². The molecule has 0 bridgehead atoms. The number of carbonyl (C=O) groups is 4. The van der Waals surface area contributed by atoms with Gasteiger partial charge in [0, 0.05) is 37.0 Å². The van der Waals surface area contributed by atoms with Crippen LogP contribution < -0.4 is 43.4 Å². The van der Waals surface area contributed by atoms with Crippen molar-refractivity contribution >= 4 is 23.5 Å². The minimum atomic E-state index is -1.68. The summed E-state index contributed by atoms with van der Waals surface area (Å²) in [6, 6.07) is 13.2. The summed E-state index contributed by atoms with van der Waals surface area (Å²) in [6.07, 6.45) is -1.76. The molecule has 52 heavy (non-hydrogen) atoms. The van der Waals surface area contributed by atoms with E-state index < -0.39 is 47.6 Å². The van der Waals surface area contributed by atoms with Crippen LogP contribution in [0, 0.1) is 13.8 Å². The van der Waals surface area contributed by atoms with Gasteiger partial charge in [-0.1, -0.05) is 59.7 Å². The van der Waals surface area contributed by atoms with Gasteiger partial charge in [0.1, 0.15) is 0 Å². The number of nitrogens with two attached hydrogens (primary N) is 2. The van der Waals surface area contributed by atoms with Crippen LogP contribution in [-0.4, -0.2) is 101 Å². The zero-order valence-corrected chi connectivity index (χ0v) is 32.5. The molecule has 10 N–H and O–H groups in total. The summed E-state index contributed by atoms with van der Waals surface area (Å²) in [5.74, 6) is -3.49. The number of Topliss-reactive ketones (excluding diaryl/α,β-unsaturated/α-hetero) is 2. The van der Waals surface area contributed by atoms with E-state index in [0.29, 0.717) is 24.0 Å². The number of nitrogens with one attached hydrogen (secondary N) is 6. The van der Waals surface area contributed by atoms with Crippen LogP contribution in [0.2, 0.25) is 0 Å². The average Bonchev–Trinajstić information content (AvgIpc) is 3.12. The van der Waals surface area contributed by atoms with Crippen molar-refractivity contribution in [1.29, 1.82) is 0 Å². The van der Waals surface area contributed by atoms with Crippen LogP contribution in [0.3, 0.4) is 0 Å². The molecule has 2 rings (SSSR count). The standard InChI is InChI=1S/C38H62N8O6/c1-23-11-15-27(16-12-23)33(37(43-7,44-8)31(47)21-29(39)19-25(3)41-5)51-35(49)36(50)52-34(28-17-13-24(2)14-18-28)38(45-9,46-10)32(48)22-30(40)20-26(4)42-6/h11-18,25-26,29-30,33-34,41-46H,19-22,39-40H2,1-10H3. The number of hydrogen-bond acceptors (Lipinski definition) is 14. The normalized spacial score (nSPS) is 15.5. The molecule has 14 nitrogen and oxygen atoms in total. The van der Waals surface area contributed by atoms with E-state index in [4.69, 9.17) is 20.9 Å². The Morgan fingerprint density at radius 2 is 0.865 bits per heavy atom. The molecule has 0 fully saturated rings. The highest BCUT2D eigenvalue weighted by atomic mass is 16.6. The topological polar surface area (TPSA) is 211 Å². The van der Waals surface area contributed by atoms with Crippen LogP contribution in [-0.2, 0) is 28.7 Å². The lowest BCUT2D eigenvalue weighted by atomic mass is 9.87. The third-order valence-corrected chi connectivity index (χ3v) is 9.81. The summed E-state index contributed by atoms with van der Waals surface area (Å²) < 4.78 is 11.9. The van der Waals surface area contributed by atoms with Gasteiger partial charge in [-0.05, 0) is 93.9 Å². The lowest BCUT2D eigenvalue weighted by molar-refractivity contribution is -0.182. The molecule has 0 aromatic heterocycles. The SMILES string of the molecule is CNC(C)CC(N)CC(=O)C(NC)(NC)C(OC(=O)C(=O)OC(c1ccc(C)cc1)C(NC)(NC)C(=O)CC(N)CC(C)NC)c1ccc(C)cc1. The molecule has 0 spiro atoms. The van der Waals surface area contributed by atoms with Gasteiger partial charge in [0.15, 0.2) is 35.1 Å². The van der Waals surface area contributed by atoms with Gasteiger partial charge in [0.25, 0.3) is 0 Å². The van der Waals surface area contributed by atoms with E-state index in [9.17, 15) is 19.2 Å². The number of esters is 2. The number of hydrogen-bond donors (Lipinski definition) is 8. The van der Waals surface area contributed by atoms with Crippen molar-refractivity contribution < 1.29 is 28.7 Å². The van der Waals surface area contributed by atoms with E-state index in [-0.39, 0.29) is 36.5 Å². The summed E-state index contributed by atoms with van der Waals surface area (Å²) in [5, 5.41) is 18.3. The first-order chi connectivity index (χ1) is 24.6. The number of rotatable bonds is 22. The molecule has 6 atom stereocenters. The average molecular weight is 727 g/mol. The van der Waals surface area contributed by atoms with Crippen LogP contribution in [0.5, 0.6) is 0 Å². The van der Waals surface area contributed by atoms with Crippen LogP contribution in [0.1, 0.15) is 74.0 Å². The molecule has 0 radical (unpaired) electrons. The first-order valence-electron chi connectivity index (χ1n) is 17.8. The summed E-state index contributed by atoms with van der Waals surface area (Å²) in [7, 11) is 9.84. The second-order valence-electron chi connectivity index (χ2n) is 13.6. The fraction of sp³-hybridized carbons (Fsp3) is 0.579. The molecular weight excluding hydrogens is 664 g/mol. The van der Waals surface area contributed by atoms with Crippen molar-refractivity contribution in [3.05, 3.63) is 70.8 Å². The number of ether oxygens (including phenoxy) is 2. The van der Waals surface area contributed by atoms with Crippen LogP contribution >= 0.6 is 0 Å². The molecule has 0 amide bonds. The molecule has 0 aliphatic heterocycles. The molecule has 2 aromatic carbocycles. The number of benzene rings is 2. The van der Waals surface area contributed by atoms with E-state index >= 15 is 0 Å². The molecule has 0 heterocycles. The summed E-state index contributed by atoms with van der Waals surface area (Å²) in [4.78, 5) is 55.9. The lowest BCUT2D eigenvalue weighted by Crippen LogP contribution is -2.66.